The Morgan fingerprint density at radius 3 is 2.44 bits per heavy atom. The molecule has 5 heteroatoms. The van der Waals surface area contributed by atoms with E-state index in [0.717, 1.165) is 28.0 Å². The van der Waals surface area contributed by atoms with E-state index < -0.39 is 5.63 Å². The van der Waals surface area contributed by atoms with Crippen LogP contribution in [0.3, 0.4) is 0 Å². The minimum atomic E-state index is -0.480. The van der Waals surface area contributed by atoms with Crippen LogP contribution < -0.4 is 5.63 Å². The number of thiophene rings is 1. The highest BCUT2D eigenvalue weighted by Gasteiger charge is 2.17. The molecule has 2 heterocycles. The lowest BCUT2D eigenvalue weighted by Gasteiger charge is -2.12. The Kier molecular flexibility index (Phi) is 5.35. The van der Waals surface area contributed by atoms with Crippen molar-refractivity contribution in [1.82, 2.24) is 0 Å². The molecular weight excluding hydrogens is 352 g/mol. The number of thioether (sulfide) groups is 1. The fraction of sp³-hybridized carbons (Fsp3) is 0.250. The highest BCUT2D eigenvalue weighted by Crippen LogP contribution is 2.33. The smallest absolute Gasteiger partial charge is 0.347 e. The zero-order chi connectivity index (χ0) is 18.0. The third-order valence-corrected chi connectivity index (χ3v) is 6.13. The van der Waals surface area contributed by atoms with Crippen molar-refractivity contribution in [1.29, 1.82) is 0 Å². The van der Waals surface area contributed by atoms with Gasteiger partial charge in [-0.25, -0.2) is 4.79 Å². The van der Waals surface area contributed by atoms with Crippen LogP contribution in [0.1, 0.15) is 22.5 Å². The van der Waals surface area contributed by atoms with Crippen molar-refractivity contribution in [3.8, 4) is 16.9 Å². The molecule has 0 aliphatic rings. The van der Waals surface area contributed by atoms with Gasteiger partial charge in [0, 0.05) is 18.2 Å². The van der Waals surface area contributed by atoms with Crippen LogP contribution in [-0.4, -0.2) is 10.9 Å². The summed E-state index contributed by atoms with van der Waals surface area (Å²) in [5, 5.41) is 12.5. The fourth-order valence-corrected chi connectivity index (χ4v) is 4.87. The molecule has 0 radical (unpaired) electrons. The van der Waals surface area contributed by atoms with Gasteiger partial charge in [-0.3, -0.25) is 0 Å². The Bertz CT molecular complexity index is 917. The maximum Gasteiger partial charge on any atom is 0.347 e. The van der Waals surface area contributed by atoms with Gasteiger partial charge in [-0.2, -0.15) is 0 Å². The van der Waals surface area contributed by atoms with Gasteiger partial charge in [0.15, 0.2) is 0 Å². The minimum absolute atomic E-state index is 0.0116. The molecule has 1 N–H and O–H groups in total. The largest absolute Gasteiger partial charge is 0.507 e. The summed E-state index contributed by atoms with van der Waals surface area (Å²) in [6.07, 6.45) is 0.595. The van der Waals surface area contributed by atoms with Crippen molar-refractivity contribution in [2.24, 2.45) is 0 Å². The summed E-state index contributed by atoms with van der Waals surface area (Å²) in [6, 6.07) is 9.67. The summed E-state index contributed by atoms with van der Waals surface area (Å²) in [4.78, 5) is 12.5. The molecule has 1 aromatic carbocycles. The van der Waals surface area contributed by atoms with Crippen LogP contribution in [0.25, 0.3) is 11.1 Å². The van der Waals surface area contributed by atoms with Crippen LogP contribution in [0.4, 0.5) is 0 Å². The second kappa shape index (κ2) is 7.50. The van der Waals surface area contributed by atoms with Crippen LogP contribution in [0.2, 0.25) is 0 Å². The SMILES string of the molecule is Cc1cc(C)c(-c2c(O)cc(CCSc3cccs3)oc2=O)c(C)c1. The third kappa shape index (κ3) is 3.99. The first-order chi connectivity index (χ1) is 12.0. The molecule has 0 spiro atoms. The van der Waals surface area contributed by atoms with Crippen molar-refractivity contribution in [2.75, 3.05) is 5.75 Å². The van der Waals surface area contributed by atoms with E-state index in [-0.39, 0.29) is 11.3 Å². The molecule has 0 aliphatic carbocycles. The summed E-state index contributed by atoms with van der Waals surface area (Å²) in [7, 11) is 0. The Morgan fingerprint density at radius 2 is 1.84 bits per heavy atom. The third-order valence-electron chi connectivity index (χ3n) is 4.00. The maximum absolute atomic E-state index is 12.5. The fourth-order valence-electron chi connectivity index (χ4n) is 3.05. The van der Waals surface area contributed by atoms with Crippen molar-refractivity contribution >= 4 is 23.1 Å². The Hall–Kier alpha value is -1.98. The number of benzene rings is 1. The van der Waals surface area contributed by atoms with Crippen LogP contribution >= 0.6 is 23.1 Å². The molecular formula is C20H20O3S2. The van der Waals surface area contributed by atoms with E-state index in [9.17, 15) is 9.90 Å². The predicted octanol–water partition coefficient (Wildman–Crippen LogP) is 5.33. The first-order valence-corrected chi connectivity index (χ1v) is 9.92. The van der Waals surface area contributed by atoms with Gasteiger partial charge in [-0.15, -0.1) is 23.1 Å². The van der Waals surface area contributed by atoms with E-state index in [1.807, 2.05) is 44.4 Å². The van der Waals surface area contributed by atoms with E-state index in [2.05, 4.69) is 6.07 Å². The zero-order valence-electron chi connectivity index (χ0n) is 14.5. The van der Waals surface area contributed by atoms with Crippen molar-refractivity contribution < 1.29 is 9.52 Å². The second-order valence-corrected chi connectivity index (χ2v) is 8.41. The van der Waals surface area contributed by atoms with E-state index in [4.69, 9.17) is 4.42 Å². The molecule has 130 valence electrons. The van der Waals surface area contributed by atoms with Gasteiger partial charge in [0.1, 0.15) is 17.1 Å². The van der Waals surface area contributed by atoms with Crippen molar-refractivity contribution in [3.05, 3.63) is 68.6 Å². The average molecular weight is 373 g/mol. The lowest BCUT2D eigenvalue weighted by atomic mass is 9.94. The number of rotatable bonds is 5. The van der Waals surface area contributed by atoms with Gasteiger partial charge >= 0.3 is 5.63 Å². The molecule has 0 amide bonds. The maximum atomic E-state index is 12.5. The molecule has 0 bridgehead atoms. The molecule has 0 aliphatic heterocycles. The van der Waals surface area contributed by atoms with E-state index in [1.165, 1.54) is 4.21 Å². The molecule has 2 aromatic heterocycles. The van der Waals surface area contributed by atoms with Gasteiger partial charge < -0.3 is 9.52 Å². The molecule has 0 unspecified atom stereocenters. The number of hydrogen-bond donors (Lipinski definition) is 1. The molecule has 3 nitrogen and oxygen atoms in total. The first kappa shape index (κ1) is 17.8. The van der Waals surface area contributed by atoms with Crippen LogP contribution in [0.5, 0.6) is 5.75 Å². The monoisotopic (exact) mass is 372 g/mol. The molecule has 25 heavy (non-hydrogen) atoms. The normalized spacial score (nSPS) is 11.0. The Balaban J connectivity index is 1.87. The van der Waals surface area contributed by atoms with Gasteiger partial charge in [-0.05, 0) is 48.9 Å². The van der Waals surface area contributed by atoms with Crippen LogP contribution in [-0.2, 0) is 6.42 Å². The topological polar surface area (TPSA) is 50.4 Å². The van der Waals surface area contributed by atoms with Gasteiger partial charge in [0.25, 0.3) is 0 Å². The highest BCUT2D eigenvalue weighted by molar-refractivity contribution is 8.01. The Morgan fingerprint density at radius 1 is 1.12 bits per heavy atom. The first-order valence-electron chi connectivity index (χ1n) is 8.06. The number of aryl methyl sites for hydroxylation is 4. The standard InChI is InChI=1S/C20H20O3S2/c1-12-9-13(2)18(14(3)10-12)19-16(21)11-15(23-20(19)22)6-8-25-17-5-4-7-24-17/h4-5,7,9-11,21H,6,8H2,1-3H3. The predicted molar refractivity (Wildman–Crippen MR) is 105 cm³/mol. The molecule has 3 rings (SSSR count). The molecule has 0 saturated carbocycles. The molecule has 0 saturated heterocycles. The molecule has 0 fully saturated rings. The molecule has 0 atom stereocenters. The van der Waals surface area contributed by atoms with E-state index >= 15 is 0 Å². The lowest BCUT2D eigenvalue weighted by molar-refractivity contribution is 0.430. The summed E-state index contributed by atoms with van der Waals surface area (Å²) in [5.41, 5.74) is 3.58. The summed E-state index contributed by atoms with van der Waals surface area (Å²) < 4.78 is 6.71. The van der Waals surface area contributed by atoms with Gasteiger partial charge in [0.05, 0.1) is 4.21 Å². The van der Waals surface area contributed by atoms with Crippen molar-refractivity contribution in [2.45, 2.75) is 31.4 Å². The average Bonchev–Trinajstić information content (AvgIpc) is 3.02. The summed E-state index contributed by atoms with van der Waals surface area (Å²) in [5.74, 6) is 1.30. The summed E-state index contributed by atoms with van der Waals surface area (Å²) in [6.45, 7) is 5.90. The minimum Gasteiger partial charge on any atom is -0.507 e. The number of hydrogen-bond acceptors (Lipinski definition) is 5. The zero-order valence-corrected chi connectivity index (χ0v) is 16.1. The van der Waals surface area contributed by atoms with Crippen molar-refractivity contribution in [3.63, 3.8) is 0 Å². The van der Waals surface area contributed by atoms with E-state index in [0.29, 0.717) is 12.2 Å². The van der Waals surface area contributed by atoms with Gasteiger partial charge in [0.2, 0.25) is 0 Å². The van der Waals surface area contributed by atoms with Gasteiger partial charge in [-0.1, -0.05) is 23.8 Å². The van der Waals surface area contributed by atoms with Crippen LogP contribution in [0.15, 0.2) is 49.1 Å². The summed E-state index contributed by atoms with van der Waals surface area (Å²) >= 11 is 3.41. The van der Waals surface area contributed by atoms with Crippen LogP contribution in [0, 0.1) is 20.8 Å². The second-order valence-electron chi connectivity index (χ2n) is 6.06. The lowest BCUT2D eigenvalue weighted by Crippen LogP contribution is -2.08. The highest BCUT2D eigenvalue weighted by atomic mass is 32.2. The quantitative estimate of drug-likeness (QED) is 0.615. The number of aromatic hydroxyl groups is 1. The molecule has 3 aromatic rings. The van der Waals surface area contributed by atoms with E-state index in [1.54, 1.807) is 29.2 Å². The Labute approximate surface area is 155 Å².